The lowest BCUT2D eigenvalue weighted by molar-refractivity contribution is 1.22. The Labute approximate surface area is 141 Å². The van der Waals surface area contributed by atoms with E-state index >= 15 is 0 Å². The molecule has 3 rings (SSSR count). The van der Waals surface area contributed by atoms with Crippen LogP contribution in [0.5, 0.6) is 0 Å². The number of nitrogens with one attached hydrogen (secondary N) is 1. The number of aryl methyl sites for hydroxylation is 2. The van der Waals surface area contributed by atoms with Gasteiger partial charge in [0.1, 0.15) is 16.0 Å². The van der Waals surface area contributed by atoms with Crippen molar-refractivity contribution in [2.24, 2.45) is 0 Å². The highest BCUT2D eigenvalue weighted by atomic mass is 35.5. The maximum absolute atomic E-state index is 8.67. The molecular weight excluding hydrogens is 336 g/mol. The third-order valence-corrected chi connectivity index (χ3v) is 5.15. The Morgan fingerprint density at radius 2 is 1.95 bits per heavy atom. The summed E-state index contributed by atoms with van der Waals surface area (Å²) in [7, 11) is 0. The molecule has 2 aromatic heterocycles. The number of halogens is 1. The van der Waals surface area contributed by atoms with Crippen molar-refractivity contribution >= 4 is 56.4 Å². The monoisotopic (exact) mass is 346 g/mol. The van der Waals surface area contributed by atoms with Gasteiger partial charge in [0.25, 0.3) is 0 Å². The number of nitrogens with zero attached hydrogens (tertiary/aromatic N) is 3. The van der Waals surface area contributed by atoms with E-state index in [9.17, 15) is 0 Å². The molecular formula is C15H11ClN4S2. The fourth-order valence-electron chi connectivity index (χ4n) is 2.11. The molecule has 0 bridgehead atoms. The number of hydrogen-bond acceptors (Lipinski definition) is 6. The molecule has 0 aliphatic carbocycles. The lowest BCUT2D eigenvalue weighted by Gasteiger charge is -2.08. The molecule has 0 radical (unpaired) electrons. The van der Waals surface area contributed by atoms with Crippen LogP contribution < -0.4 is 5.32 Å². The Morgan fingerprint density at radius 1 is 1.23 bits per heavy atom. The first-order valence-electron chi connectivity index (χ1n) is 6.44. The van der Waals surface area contributed by atoms with Crippen LogP contribution in [0.15, 0.2) is 29.2 Å². The van der Waals surface area contributed by atoms with Crippen LogP contribution in [0, 0.1) is 24.5 Å². The summed E-state index contributed by atoms with van der Waals surface area (Å²) < 4.78 is 0. The van der Waals surface area contributed by atoms with Crippen molar-refractivity contribution in [1.82, 2.24) is 9.97 Å². The van der Waals surface area contributed by atoms with E-state index in [1.807, 2.05) is 24.3 Å². The summed E-state index contributed by atoms with van der Waals surface area (Å²) >= 11 is 8.77. The third kappa shape index (κ3) is 2.88. The molecule has 0 saturated carbocycles. The summed E-state index contributed by atoms with van der Waals surface area (Å²) in [6.07, 6.45) is 0. The van der Waals surface area contributed by atoms with Gasteiger partial charge in [0.2, 0.25) is 5.28 Å². The van der Waals surface area contributed by atoms with E-state index in [1.54, 1.807) is 11.3 Å². The minimum Gasteiger partial charge on any atom is -0.340 e. The molecule has 0 aliphatic rings. The van der Waals surface area contributed by atoms with E-state index in [1.165, 1.54) is 4.88 Å². The Bertz CT molecular complexity index is 881. The molecule has 4 nitrogen and oxygen atoms in total. The summed E-state index contributed by atoms with van der Waals surface area (Å²) in [5.74, 6) is 0.706. The van der Waals surface area contributed by atoms with Gasteiger partial charge in [0, 0.05) is 15.5 Å². The molecule has 22 heavy (non-hydrogen) atoms. The molecule has 0 fully saturated rings. The molecule has 110 valence electrons. The second kappa shape index (κ2) is 6.13. The molecule has 1 N–H and O–H groups in total. The smallest absolute Gasteiger partial charge is 0.225 e. The van der Waals surface area contributed by atoms with Crippen LogP contribution in [0.4, 0.5) is 11.5 Å². The molecule has 1 aromatic carbocycles. The fraction of sp³-hybridized carbons (Fsp3) is 0.133. The normalized spacial score (nSPS) is 10.6. The highest BCUT2D eigenvalue weighted by Gasteiger charge is 2.14. The van der Waals surface area contributed by atoms with Crippen molar-refractivity contribution in [3.63, 3.8) is 0 Å². The van der Waals surface area contributed by atoms with Gasteiger partial charge < -0.3 is 5.32 Å². The van der Waals surface area contributed by atoms with Crippen molar-refractivity contribution in [3.8, 4) is 5.40 Å². The Balaban J connectivity index is 2.01. The molecule has 3 aromatic rings. The predicted molar refractivity (Wildman–Crippen MR) is 93.1 cm³/mol. The van der Waals surface area contributed by atoms with Gasteiger partial charge in [-0.2, -0.15) is 10.2 Å². The first-order valence-corrected chi connectivity index (χ1v) is 8.46. The number of fused-ring (bicyclic) bond motifs is 1. The van der Waals surface area contributed by atoms with Crippen LogP contribution in [-0.4, -0.2) is 9.97 Å². The highest BCUT2D eigenvalue weighted by Crippen LogP contribution is 2.35. The van der Waals surface area contributed by atoms with Crippen molar-refractivity contribution < 1.29 is 0 Å². The Morgan fingerprint density at radius 3 is 2.64 bits per heavy atom. The predicted octanol–water partition coefficient (Wildman–Crippen LogP) is 5.28. The van der Waals surface area contributed by atoms with Gasteiger partial charge in [0.15, 0.2) is 0 Å². The van der Waals surface area contributed by atoms with Gasteiger partial charge in [-0.25, -0.2) is 4.98 Å². The zero-order valence-electron chi connectivity index (χ0n) is 11.8. The lowest BCUT2D eigenvalue weighted by Crippen LogP contribution is -1.96. The van der Waals surface area contributed by atoms with E-state index in [-0.39, 0.29) is 5.28 Å². The van der Waals surface area contributed by atoms with Gasteiger partial charge in [-0.1, -0.05) is 0 Å². The average molecular weight is 347 g/mol. The number of aromatic nitrogens is 2. The Hall–Kier alpha value is -1.81. The van der Waals surface area contributed by atoms with Crippen LogP contribution in [0.3, 0.4) is 0 Å². The standard InChI is InChI=1S/C15H11ClN4S2/c1-8-9(2)22-14-12(8)13(19-15(16)20-14)18-10-3-5-11(6-4-10)21-7-17/h3-6H,1-2H3,(H,18,19,20). The summed E-state index contributed by atoms with van der Waals surface area (Å²) in [6.45, 7) is 4.12. The minimum atomic E-state index is 0.230. The van der Waals surface area contributed by atoms with Crippen LogP contribution in [-0.2, 0) is 0 Å². The summed E-state index contributed by atoms with van der Waals surface area (Å²) in [4.78, 5) is 11.6. The molecule has 0 amide bonds. The topological polar surface area (TPSA) is 61.6 Å². The van der Waals surface area contributed by atoms with Gasteiger partial charge >= 0.3 is 0 Å². The number of anilines is 2. The SMILES string of the molecule is Cc1sc2nc(Cl)nc(Nc3ccc(SC#N)cc3)c2c1C. The van der Waals surface area contributed by atoms with Gasteiger partial charge in [-0.15, -0.1) is 11.3 Å². The quantitative estimate of drug-likeness (QED) is 0.397. The number of thiocyanates is 1. The molecule has 0 atom stereocenters. The van der Waals surface area contributed by atoms with E-state index in [0.29, 0.717) is 5.82 Å². The molecule has 2 heterocycles. The molecule has 0 aliphatic heterocycles. The maximum Gasteiger partial charge on any atom is 0.225 e. The number of rotatable bonds is 3. The summed E-state index contributed by atoms with van der Waals surface area (Å²) in [6, 6.07) is 7.61. The summed E-state index contributed by atoms with van der Waals surface area (Å²) in [5, 5.41) is 15.2. The fourth-order valence-corrected chi connectivity index (χ4v) is 3.74. The zero-order valence-corrected chi connectivity index (χ0v) is 14.2. The van der Waals surface area contributed by atoms with E-state index in [0.717, 1.165) is 38.1 Å². The number of benzene rings is 1. The van der Waals surface area contributed by atoms with E-state index in [4.69, 9.17) is 16.9 Å². The summed E-state index contributed by atoms with van der Waals surface area (Å²) in [5.41, 5.74) is 2.05. The first-order chi connectivity index (χ1) is 10.6. The van der Waals surface area contributed by atoms with Crippen LogP contribution in [0.2, 0.25) is 5.28 Å². The van der Waals surface area contributed by atoms with Gasteiger partial charge in [-0.05, 0) is 67.0 Å². The van der Waals surface area contributed by atoms with Crippen LogP contribution in [0.25, 0.3) is 10.2 Å². The zero-order chi connectivity index (χ0) is 15.7. The average Bonchev–Trinajstić information content (AvgIpc) is 2.76. The van der Waals surface area contributed by atoms with Crippen molar-refractivity contribution in [2.45, 2.75) is 18.7 Å². The minimum absolute atomic E-state index is 0.230. The number of nitriles is 1. The molecule has 7 heteroatoms. The van der Waals surface area contributed by atoms with E-state index in [2.05, 4.69) is 34.5 Å². The second-order valence-corrected chi connectivity index (χ2v) is 7.05. The number of thioether (sulfide) groups is 1. The van der Waals surface area contributed by atoms with Gasteiger partial charge in [-0.3, -0.25) is 0 Å². The van der Waals surface area contributed by atoms with Gasteiger partial charge in [0.05, 0.1) is 5.39 Å². The highest BCUT2D eigenvalue weighted by molar-refractivity contribution is 8.03. The maximum atomic E-state index is 8.67. The second-order valence-electron chi connectivity index (χ2n) is 4.65. The van der Waals surface area contributed by atoms with Crippen LogP contribution in [0.1, 0.15) is 10.4 Å². The lowest BCUT2D eigenvalue weighted by atomic mass is 10.2. The van der Waals surface area contributed by atoms with E-state index < -0.39 is 0 Å². The molecule has 0 saturated heterocycles. The van der Waals surface area contributed by atoms with Crippen molar-refractivity contribution in [2.75, 3.05) is 5.32 Å². The van der Waals surface area contributed by atoms with Crippen LogP contribution >= 0.6 is 34.7 Å². The largest absolute Gasteiger partial charge is 0.340 e. The number of thiophene rings is 1. The van der Waals surface area contributed by atoms with Crippen molar-refractivity contribution in [1.29, 1.82) is 5.26 Å². The Kier molecular flexibility index (Phi) is 4.21. The third-order valence-electron chi connectivity index (χ3n) is 3.28. The first kappa shape index (κ1) is 15.1. The molecule has 0 unspecified atom stereocenters. The number of hydrogen-bond donors (Lipinski definition) is 1. The molecule has 0 spiro atoms. The van der Waals surface area contributed by atoms with Crippen molar-refractivity contribution in [3.05, 3.63) is 40.0 Å².